The molecular formula is C13H14N2. The van der Waals surface area contributed by atoms with Crippen molar-refractivity contribution in [2.45, 2.75) is 13.3 Å². The molecule has 0 saturated carbocycles. The van der Waals surface area contributed by atoms with E-state index in [9.17, 15) is 0 Å². The maximum Gasteiger partial charge on any atom is 0.0501 e. The Balaban J connectivity index is 2.18. The van der Waals surface area contributed by atoms with E-state index in [4.69, 9.17) is 5.73 Å². The third kappa shape index (κ3) is 2.56. The molecule has 1 heterocycles. The fourth-order valence-corrected chi connectivity index (χ4v) is 1.57. The molecule has 0 unspecified atom stereocenters. The van der Waals surface area contributed by atoms with Crippen LogP contribution >= 0.6 is 0 Å². The van der Waals surface area contributed by atoms with Gasteiger partial charge in [0.1, 0.15) is 0 Å². The number of aromatic nitrogens is 1. The minimum absolute atomic E-state index is 0.711. The maximum absolute atomic E-state index is 5.58. The van der Waals surface area contributed by atoms with Crippen molar-refractivity contribution in [3.63, 3.8) is 0 Å². The zero-order valence-electron chi connectivity index (χ0n) is 8.77. The van der Waals surface area contributed by atoms with Gasteiger partial charge in [0.25, 0.3) is 0 Å². The number of benzene rings is 1. The molecule has 0 fully saturated rings. The lowest BCUT2D eigenvalue weighted by atomic mass is 10.1. The summed E-state index contributed by atoms with van der Waals surface area (Å²) in [4.78, 5) is 4.28. The van der Waals surface area contributed by atoms with Crippen LogP contribution in [0.25, 0.3) is 0 Å². The Morgan fingerprint density at radius 1 is 1.20 bits per heavy atom. The molecule has 0 aliphatic rings. The van der Waals surface area contributed by atoms with Crippen LogP contribution < -0.4 is 5.73 Å². The molecule has 0 spiro atoms. The van der Waals surface area contributed by atoms with Gasteiger partial charge >= 0.3 is 0 Å². The Morgan fingerprint density at radius 2 is 2.07 bits per heavy atom. The smallest absolute Gasteiger partial charge is 0.0501 e. The lowest BCUT2D eigenvalue weighted by Crippen LogP contribution is -1.94. The first-order valence-electron chi connectivity index (χ1n) is 5.00. The van der Waals surface area contributed by atoms with E-state index in [1.165, 1.54) is 11.1 Å². The molecule has 1 aromatic carbocycles. The first-order chi connectivity index (χ1) is 7.24. The van der Waals surface area contributed by atoms with E-state index in [2.05, 4.69) is 36.2 Å². The quantitative estimate of drug-likeness (QED) is 0.805. The summed E-state index contributed by atoms with van der Waals surface area (Å²) in [5.74, 6) is 0. The van der Waals surface area contributed by atoms with Crippen LogP contribution in [-0.4, -0.2) is 4.98 Å². The number of nitrogens with zero attached hydrogens (tertiary/aromatic N) is 1. The Morgan fingerprint density at radius 3 is 2.73 bits per heavy atom. The molecule has 15 heavy (non-hydrogen) atoms. The summed E-state index contributed by atoms with van der Waals surface area (Å²) in [6.07, 6.45) is 2.56. The van der Waals surface area contributed by atoms with Crippen molar-refractivity contribution in [3.8, 4) is 0 Å². The Hall–Kier alpha value is -1.83. The molecule has 0 radical (unpaired) electrons. The number of nitrogen functional groups attached to an aromatic ring is 1. The standard InChI is InChI=1S/C13H14N2/c1-10-3-2-4-11(7-10)8-13-6-5-12(14)9-15-13/h2-7,9H,8,14H2,1H3. The molecule has 0 bridgehead atoms. The van der Waals surface area contributed by atoms with Crippen LogP contribution in [0.15, 0.2) is 42.6 Å². The van der Waals surface area contributed by atoms with E-state index in [-0.39, 0.29) is 0 Å². The summed E-state index contributed by atoms with van der Waals surface area (Å²) in [6.45, 7) is 2.10. The van der Waals surface area contributed by atoms with Crippen molar-refractivity contribution in [2.75, 3.05) is 5.73 Å². The summed E-state index contributed by atoms with van der Waals surface area (Å²) < 4.78 is 0. The minimum Gasteiger partial charge on any atom is -0.397 e. The maximum atomic E-state index is 5.58. The number of anilines is 1. The molecule has 0 aliphatic heterocycles. The van der Waals surface area contributed by atoms with Gasteiger partial charge in [-0.2, -0.15) is 0 Å². The summed E-state index contributed by atoms with van der Waals surface area (Å²) in [5, 5.41) is 0. The molecule has 1 aromatic heterocycles. The van der Waals surface area contributed by atoms with E-state index in [0.717, 1.165) is 12.1 Å². The van der Waals surface area contributed by atoms with E-state index in [1.54, 1.807) is 6.20 Å². The van der Waals surface area contributed by atoms with E-state index in [0.29, 0.717) is 5.69 Å². The van der Waals surface area contributed by atoms with Gasteiger partial charge in [-0.05, 0) is 24.6 Å². The fourth-order valence-electron chi connectivity index (χ4n) is 1.57. The van der Waals surface area contributed by atoms with Crippen LogP contribution in [0.5, 0.6) is 0 Å². The number of pyridine rings is 1. The van der Waals surface area contributed by atoms with Gasteiger partial charge in [0, 0.05) is 12.1 Å². The summed E-state index contributed by atoms with van der Waals surface area (Å²) in [7, 11) is 0. The van der Waals surface area contributed by atoms with Gasteiger partial charge in [-0.25, -0.2) is 0 Å². The molecule has 0 amide bonds. The summed E-state index contributed by atoms with van der Waals surface area (Å²) in [5.41, 5.74) is 9.91. The third-order valence-corrected chi connectivity index (χ3v) is 2.32. The highest BCUT2D eigenvalue weighted by Crippen LogP contribution is 2.10. The molecule has 0 saturated heterocycles. The highest BCUT2D eigenvalue weighted by molar-refractivity contribution is 5.36. The van der Waals surface area contributed by atoms with E-state index < -0.39 is 0 Å². The molecule has 76 valence electrons. The SMILES string of the molecule is Cc1cccc(Cc2ccc(N)cn2)c1. The monoisotopic (exact) mass is 198 g/mol. The number of nitrogens with two attached hydrogens (primary N) is 1. The average molecular weight is 198 g/mol. The van der Waals surface area contributed by atoms with E-state index >= 15 is 0 Å². The predicted octanol–water partition coefficient (Wildman–Crippen LogP) is 2.56. The number of hydrogen-bond acceptors (Lipinski definition) is 2. The summed E-state index contributed by atoms with van der Waals surface area (Å²) >= 11 is 0. The van der Waals surface area contributed by atoms with Crippen LogP contribution in [0.4, 0.5) is 5.69 Å². The van der Waals surface area contributed by atoms with Gasteiger partial charge in [-0.15, -0.1) is 0 Å². The van der Waals surface area contributed by atoms with Gasteiger partial charge in [-0.1, -0.05) is 29.8 Å². The second kappa shape index (κ2) is 4.13. The molecule has 2 aromatic rings. The van der Waals surface area contributed by atoms with Crippen molar-refractivity contribution in [1.29, 1.82) is 0 Å². The molecular weight excluding hydrogens is 184 g/mol. The van der Waals surface area contributed by atoms with Crippen molar-refractivity contribution < 1.29 is 0 Å². The predicted molar refractivity (Wildman–Crippen MR) is 62.6 cm³/mol. The van der Waals surface area contributed by atoms with Gasteiger partial charge in [0.05, 0.1) is 11.9 Å². The third-order valence-electron chi connectivity index (χ3n) is 2.32. The van der Waals surface area contributed by atoms with Crippen LogP contribution in [-0.2, 0) is 6.42 Å². The summed E-state index contributed by atoms with van der Waals surface area (Å²) in [6, 6.07) is 12.3. The van der Waals surface area contributed by atoms with Crippen LogP contribution in [0.2, 0.25) is 0 Å². The van der Waals surface area contributed by atoms with Gasteiger partial charge < -0.3 is 5.73 Å². The molecule has 0 aliphatic carbocycles. The topological polar surface area (TPSA) is 38.9 Å². The second-order valence-electron chi connectivity index (χ2n) is 3.75. The normalized spacial score (nSPS) is 10.2. The number of hydrogen-bond donors (Lipinski definition) is 1. The van der Waals surface area contributed by atoms with Crippen molar-refractivity contribution in [3.05, 3.63) is 59.4 Å². The fraction of sp³-hybridized carbons (Fsp3) is 0.154. The molecule has 2 nitrogen and oxygen atoms in total. The zero-order valence-corrected chi connectivity index (χ0v) is 8.77. The van der Waals surface area contributed by atoms with Gasteiger partial charge in [0.15, 0.2) is 0 Å². The molecule has 2 heteroatoms. The first-order valence-corrected chi connectivity index (χ1v) is 5.00. The highest BCUT2D eigenvalue weighted by Gasteiger charge is 1.97. The van der Waals surface area contributed by atoms with Crippen molar-refractivity contribution in [2.24, 2.45) is 0 Å². The van der Waals surface area contributed by atoms with Crippen LogP contribution in [0.1, 0.15) is 16.8 Å². The van der Waals surface area contributed by atoms with Crippen molar-refractivity contribution in [1.82, 2.24) is 4.98 Å². The molecule has 0 atom stereocenters. The lowest BCUT2D eigenvalue weighted by molar-refractivity contribution is 1.07. The van der Waals surface area contributed by atoms with Crippen molar-refractivity contribution >= 4 is 5.69 Å². The van der Waals surface area contributed by atoms with Gasteiger partial charge in [0.2, 0.25) is 0 Å². The Labute approximate surface area is 89.8 Å². The number of rotatable bonds is 2. The average Bonchev–Trinajstić information content (AvgIpc) is 2.22. The minimum atomic E-state index is 0.711. The Kier molecular flexibility index (Phi) is 2.68. The van der Waals surface area contributed by atoms with Crippen LogP contribution in [0.3, 0.4) is 0 Å². The Bertz CT molecular complexity index is 446. The molecule has 2 rings (SSSR count). The zero-order chi connectivity index (χ0) is 10.7. The van der Waals surface area contributed by atoms with Crippen LogP contribution in [0, 0.1) is 6.92 Å². The first kappa shape index (κ1) is 9.71. The number of aryl methyl sites for hydroxylation is 1. The second-order valence-corrected chi connectivity index (χ2v) is 3.75. The van der Waals surface area contributed by atoms with E-state index in [1.807, 2.05) is 12.1 Å². The van der Waals surface area contributed by atoms with Gasteiger partial charge in [-0.3, -0.25) is 4.98 Å². The highest BCUT2D eigenvalue weighted by atomic mass is 14.7. The lowest BCUT2D eigenvalue weighted by Gasteiger charge is -2.02. The molecule has 2 N–H and O–H groups in total. The largest absolute Gasteiger partial charge is 0.397 e.